The minimum atomic E-state index is -0.123. The zero-order valence-corrected chi connectivity index (χ0v) is 11.2. The van der Waals surface area contributed by atoms with Gasteiger partial charge in [0.1, 0.15) is 11.5 Å². The third kappa shape index (κ3) is 2.80. The van der Waals surface area contributed by atoms with E-state index in [1.54, 1.807) is 50.6 Å². The number of hydrogen-bond acceptors (Lipinski definition) is 5. The predicted octanol–water partition coefficient (Wildman–Crippen LogP) is 2.18. The Morgan fingerprint density at radius 2 is 1.65 bits per heavy atom. The highest BCUT2D eigenvalue weighted by Crippen LogP contribution is 2.39. The largest absolute Gasteiger partial charge is 0.493 e. The molecule has 0 amide bonds. The number of hydrogen-bond donors (Lipinski definition) is 2. The van der Waals surface area contributed by atoms with Crippen LogP contribution in [0, 0.1) is 5.41 Å². The summed E-state index contributed by atoms with van der Waals surface area (Å²) in [6, 6.07) is 10.3. The van der Waals surface area contributed by atoms with Gasteiger partial charge in [-0.2, -0.15) is 0 Å². The second-order valence-corrected chi connectivity index (χ2v) is 3.87. The number of ether oxygens (including phenoxy) is 3. The van der Waals surface area contributed by atoms with E-state index in [9.17, 15) is 0 Å². The quantitative estimate of drug-likeness (QED) is 0.643. The Labute approximate surface area is 116 Å². The zero-order chi connectivity index (χ0) is 14.5. The van der Waals surface area contributed by atoms with Gasteiger partial charge >= 0.3 is 0 Å². The molecule has 6 nitrogen and oxygen atoms in total. The molecule has 20 heavy (non-hydrogen) atoms. The Morgan fingerprint density at radius 3 is 2.20 bits per heavy atom. The van der Waals surface area contributed by atoms with Gasteiger partial charge in [-0.1, -0.05) is 12.1 Å². The molecule has 0 aliphatic rings. The first-order valence-corrected chi connectivity index (χ1v) is 5.86. The fourth-order valence-electron chi connectivity index (χ4n) is 1.64. The molecule has 0 spiro atoms. The first-order valence-electron chi connectivity index (χ1n) is 5.86. The molecular weight excluding hydrogens is 258 g/mol. The van der Waals surface area contributed by atoms with Crippen LogP contribution in [0.5, 0.6) is 23.1 Å². The number of methoxy groups -OCH3 is 2. The fourth-order valence-corrected chi connectivity index (χ4v) is 1.64. The van der Waals surface area contributed by atoms with Gasteiger partial charge in [0.05, 0.1) is 14.2 Å². The molecule has 2 rings (SSSR count). The smallest absolute Gasteiger partial charge is 0.220 e. The Kier molecular flexibility index (Phi) is 4.05. The lowest BCUT2D eigenvalue weighted by molar-refractivity contribution is 0.342. The van der Waals surface area contributed by atoms with Crippen molar-refractivity contribution in [2.75, 3.05) is 14.2 Å². The predicted molar refractivity (Wildman–Crippen MR) is 74.9 cm³/mol. The molecule has 6 heteroatoms. The minimum Gasteiger partial charge on any atom is -0.493 e. The summed E-state index contributed by atoms with van der Waals surface area (Å²) in [6.45, 7) is 0. The van der Waals surface area contributed by atoms with E-state index in [0.717, 1.165) is 0 Å². The Bertz CT molecular complexity index is 607. The molecule has 0 atom stereocenters. The average molecular weight is 273 g/mol. The third-order valence-corrected chi connectivity index (χ3v) is 2.59. The topological polar surface area (TPSA) is 90.5 Å². The van der Waals surface area contributed by atoms with Crippen LogP contribution >= 0.6 is 0 Å². The Hall–Kier alpha value is -2.76. The molecule has 2 aromatic rings. The number of nitrogens with one attached hydrogen (secondary N) is 1. The van der Waals surface area contributed by atoms with Gasteiger partial charge in [0.25, 0.3) is 0 Å². The number of pyridine rings is 1. The number of nitrogens with zero attached hydrogens (tertiary/aromatic N) is 1. The minimum absolute atomic E-state index is 0.123. The molecule has 1 aromatic heterocycles. The van der Waals surface area contributed by atoms with E-state index < -0.39 is 0 Å². The number of para-hydroxylation sites is 1. The van der Waals surface area contributed by atoms with Crippen molar-refractivity contribution in [1.29, 1.82) is 5.41 Å². The van der Waals surface area contributed by atoms with Crippen LogP contribution in [0.3, 0.4) is 0 Å². The van der Waals surface area contributed by atoms with Crippen molar-refractivity contribution in [3.8, 4) is 23.1 Å². The van der Waals surface area contributed by atoms with Crippen molar-refractivity contribution in [2.24, 2.45) is 5.73 Å². The zero-order valence-electron chi connectivity index (χ0n) is 11.2. The lowest BCUT2D eigenvalue weighted by atomic mass is 10.3. The van der Waals surface area contributed by atoms with Gasteiger partial charge in [0.2, 0.25) is 11.6 Å². The summed E-state index contributed by atoms with van der Waals surface area (Å²) in [4.78, 5) is 4.14. The van der Waals surface area contributed by atoms with E-state index in [0.29, 0.717) is 28.8 Å². The summed E-state index contributed by atoms with van der Waals surface area (Å²) < 4.78 is 16.2. The summed E-state index contributed by atoms with van der Waals surface area (Å²) in [5, 5.41) is 7.38. The van der Waals surface area contributed by atoms with E-state index in [-0.39, 0.29) is 5.84 Å². The van der Waals surface area contributed by atoms with E-state index >= 15 is 0 Å². The lowest BCUT2D eigenvalue weighted by Gasteiger charge is -2.13. The lowest BCUT2D eigenvalue weighted by Crippen LogP contribution is -2.13. The summed E-state index contributed by atoms with van der Waals surface area (Å²) in [6.07, 6.45) is 0. The standard InChI is InChI=1S/C14H15N3O3/c1-18-10-6-4-7-11(19-2)13(10)20-12-8-3-5-9(17-12)14(15)16/h3-8H,1-2H3,(H3,15,16). The van der Waals surface area contributed by atoms with Gasteiger partial charge in [0.15, 0.2) is 11.5 Å². The molecule has 0 unspecified atom stereocenters. The normalized spacial score (nSPS) is 9.90. The molecule has 3 N–H and O–H groups in total. The second kappa shape index (κ2) is 5.92. The Morgan fingerprint density at radius 1 is 1.05 bits per heavy atom. The molecule has 1 heterocycles. The van der Waals surface area contributed by atoms with Crippen molar-refractivity contribution in [1.82, 2.24) is 4.98 Å². The molecule has 0 aliphatic heterocycles. The van der Waals surface area contributed by atoms with Gasteiger partial charge in [-0.3, -0.25) is 5.41 Å². The number of amidine groups is 1. The maximum atomic E-state index is 7.38. The van der Waals surface area contributed by atoms with Crippen LogP contribution < -0.4 is 19.9 Å². The summed E-state index contributed by atoms with van der Waals surface area (Å²) in [5.74, 6) is 1.66. The van der Waals surface area contributed by atoms with Crippen molar-refractivity contribution in [3.63, 3.8) is 0 Å². The summed E-state index contributed by atoms with van der Waals surface area (Å²) >= 11 is 0. The number of nitrogens with two attached hydrogens (primary N) is 1. The van der Waals surface area contributed by atoms with Gasteiger partial charge in [-0.25, -0.2) is 4.98 Å². The van der Waals surface area contributed by atoms with Crippen molar-refractivity contribution < 1.29 is 14.2 Å². The number of nitrogen functional groups attached to an aromatic ring is 1. The van der Waals surface area contributed by atoms with Crippen LogP contribution in [0.25, 0.3) is 0 Å². The van der Waals surface area contributed by atoms with E-state index in [1.807, 2.05) is 0 Å². The van der Waals surface area contributed by atoms with Crippen LogP contribution in [0.2, 0.25) is 0 Å². The molecule has 0 aliphatic carbocycles. The van der Waals surface area contributed by atoms with Crippen LogP contribution in [0.4, 0.5) is 0 Å². The van der Waals surface area contributed by atoms with Gasteiger partial charge in [0, 0.05) is 6.07 Å². The summed E-state index contributed by atoms with van der Waals surface area (Å²) in [5.41, 5.74) is 5.75. The first-order chi connectivity index (χ1) is 9.65. The van der Waals surface area contributed by atoms with E-state index in [2.05, 4.69) is 4.98 Å². The van der Waals surface area contributed by atoms with Gasteiger partial charge < -0.3 is 19.9 Å². The SMILES string of the molecule is COc1cccc(OC)c1Oc1cccc(C(=N)N)n1. The van der Waals surface area contributed by atoms with Gasteiger partial charge in [-0.15, -0.1) is 0 Å². The molecule has 0 saturated heterocycles. The highest BCUT2D eigenvalue weighted by Gasteiger charge is 2.13. The fraction of sp³-hybridized carbons (Fsp3) is 0.143. The molecule has 1 aromatic carbocycles. The second-order valence-electron chi connectivity index (χ2n) is 3.87. The maximum Gasteiger partial charge on any atom is 0.220 e. The highest BCUT2D eigenvalue weighted by molar-refractivity contribution is 5.93. The average Bonchev–Trinajstić information content (AvgIpc) is 2.47. The van der Waals surface area contributed by atoms with Crippen LogP contribution in [-0.2, 0) is 0 Å². The highest BCUT2D eigenvalue weighted by atomic mass is 16.5. The molecule has 104 valence electrons. The van der Waals surface area contributed by atoms with E-state index in [4.69, 9.17) is 25.4 Å². The number of aromatic nitrogens is 1. The first kappa shape index (κ1) is 13.7. The molecule has 0 radical (unpaired) electrons. The summed E-state index contributed by atoms with van der Waals surface area (Å²) in [7, 11) is 3.09. The van der Waals surface area contributed by atoms with Crippen molar-refractivity contribution in [3.05, 3.63) is 42.1 Å². The van der Waals surface area contributed by atoms with Crippen molar-refractivity contribution in [2.45, 2.75) is 0 Å². The van der Waals surface area contributed by atoms with Crippen LogP contribution in [0.15, 0.2) is 36.4 Å². The van der Waals surface area contributed by atoms with Crippen molar-refractivity contribution >= 4 is 5.84 Å². The number of benzene rings is 1. The van der Waals surface area contributed by atoms with Crippen LogP contribution in [-0.4, -0.2) is 25.0 Å². The molecule has 0 fully saturated rings. The molecule has 0 saturated carbocycles. The van der Waals surface area contributed by atoms with E-state index in [1.165, 1.54) is 0 Å². The monoisotopic (exact) mass is 273 g/mol. The Balaban J connectivity index is 2.39. The van der Waals surface area contributed by atoms with Gasteiger partial charge in [-0.05, 0) is 18.2 Å². The molecular formula is C14H15N3O3. The molecule has 0 bridgehead atoms. The number of rotatable bonds is 5. The van der Waals surface area contributed by atoms with Crippen LogP contribution in [0.1, 0.15) is 5.69 Å². The maximum absolute atomic E-state index is 7.38. The third-order valence-electron chi connectivity index (χ3n) is 2.59.